The fourth-order valence-corrected chi connectivity index (χ4v) is 3.82. The van der Waals surface area contributed by atoms with Crippen molar-refractivity contribution in [3.8, 4) is 5.75 Å². The lowest BCUT2D eigenvalue weighted by atomic mass is 9.95. The SMILES string of the molecule is COC(=O)[C@H](Cc1ccc(OC)cc1)NC(=O)c1c2ccccc2cc2ccccc12. The van der Waals surface area contributed by atoms with Gasteiger partial charge in [-0.15, -0.1) is 0 Å². The molecule has 4 rings (SSSR count). The summed E-state index contributed by atoms with van der Waals surface area (Å²) in [6.45, 7) is 0. The van der Waals surface area contributed by atoms with Crippen LogP contribution in [0.15, 0.2) is 78.9 Å². The number of benzene rings is 4. The highest BCUT2D eigenvalue weighted by Crippen LogP contribution is 2.28. The van der Waals surface area contributed by atoms with Gasteiger partial charge in [0.1, 0.15) is 11.8 Å². The van der Waals surface area contributed by atoms with Crippen LogP contribution in [0.2, 0.25) is 0 Å². The van der Waals surface area contributed by atoms with Crippen molar-refractivity contribution in [3.63, 3.8) is 0 Å². The van der Waals surface area contributed by atoms with Crippen LogP contribution in [0.1, 0.15) is 15.9 Å². The first kappa shape index (κ1) is 20.4. The highest BCUT2D eigenvalue weighted by Gasteiger charge is 2.24. The Morgan fingerprint density at radius 2 is 1.42 bits per heavy atom. The molecule has 0 aliphatic heterocycles. The number of esters is 1. The molecule has 0 bridgehead atoms. The third-order valence-corrected chi connectivity index (χ3v) is 5.39. The van der Waals surface area contributed by atoms with Crippen molar-refractivity contribution in [1.82, 2.24) is 5.32 Å². The molecular weight excluding hydrogens is 390 g/mol. The lowest BCUT2D eigenvalue weighted by molar-refractivity contribution is -0.142. The molecule has 1 atom stereocenters. The summed E-state index contributed by atoms with van der Waals surface area (Å²) in [6, 6.07) is 24.1. The average Bonchev–Trinajstić information content (AvgIpc) is 2.81. The van der Waals surface area contributed by atoms with E-state index >= 15 is 0 Å². The molecule has 0 aromatic heterocycles. The standard InChI is InChI=1S/C26H23NO4/c1-30-20-13-11-17(12-14-20)15-23(26(29)31-2)27-25(28)24-21-9-5-3-7-18(21)16-19-8-4-6-10-22(19)24/h3-14,16,23H,15H2,1-2H3,(H,27,28)/t23-/m0/s1. The fraction of sp³-hybridized carbons (Fsp3) is 0.154. The van der Waals surface area contributed by atoms with Gasteiger partial charge in [-0.1, -0.05) is 60.7 Å². The lowest BCUT2D eigenvalue weighted by Crippen LogP contribution is -2.43. The van der Waals surface area contributed by atoms with Crippen molar-refractivity contribution in [2.75, 3.05) is 14.2 Å². The second-order valence-corrected chi connectivity index (χ2v) is 7.30. The Kier molecular flexibility index (Phi) is 5.85. The van der Waals surface area contributed by atoms with Crippen molar-refractivity contribution >= 4 is 33.4 Å². The van der Waals surface area contributed by atoms with Gasteiger partial charge in [0, 0.05) is 6.42 Å². The summed E-state index contributed by atoms with van der Waals surface area (Å²) in [5.41, 5.74) is 1.44. The quantitative estimate of drug-likeness (QED) is 0.373. The van der Waals surface area contributed by atoms with E-state index in [4.69, 9.17) is 9.47 Å². The maximum Gasteiger partial charge on any atom is 0.328 e. The van der Waals surface area contributed by atoms with Crippen molar-refractivity contribution in [2.24, 2.45) is 0 Å². The van der Waals surface area contributed by atoms with E-state index in [0.29, 0.717) is 12.0 Å². The molecular formula is C26H23NO4. The number of hydrogen-bond donors (Lipinski definition) is 1. The largest absolute Gasteiger partial charge is 0.497 e. The Morgan fingerprint density at radius 1 is 0.839 bits per heavy atom. The zero-order valence-electron chi connectivity index (χ0n) is 17.4. The molecule has 0 radical (unpaired) electrons. The predicted molar refractivity (Wildman–Crippen MR) is 121 cm³/mol. The molecule has 1 N–H and O–H groups in total. The number of rotatable bonds is 6. The maximum atomic E-state index is 13.5. The fourth-order valence-electron chi connectivity index (χ4n) is 3.82. The van der Waals surface area contributed by atoms with Gasteiger partial charge in [0.2, 0.25) is 0 Å². The topological polar surface area (TPSA) is 64.6 Å². The first-order valence-corrected chi connectivity index (χ1v) is 10.0. The molecule has 156 valence electrons. The minimum atomic E-state index is -0.816. The van der Waals surface area contributed by atoms with Gasteiger partial charge in [-0.05, 0) is 45.3 Å². The molecule has 0 fully saturated rings. The molecule has 0 saturated heterocycles. The van der Waals surface area contributed by atoms with Gasteiger partial charge in [0.25, 0.3) is 5.91 Å². The highest BCUT2D eigenvalue weighted by atomic mass is 16.5. The second-order valence-electron chi connectivity index (χ2n) is 7.30. The molecule has 1 amide bonds. The highest BCUT2D eigenvalue weighted by molar-refractivity contribution is 6.18. The van der Waals surface area contributed by atoms with Crippen molar-refractivity contribution < 1.29 is 19.1 Å². The van der Waals surface area contributed by atoms with Gasteiger partial charge >= 0.3 is 5.97 Å². The number of fused-ring (bicyclic) bond motifs is 2. The van der Waals surface area contributed by atoms with Gasteiger partial charge in [-0.2, -0.15) is 0 Å². The first-order chi connectivity index (χ1) is 15.1. The van der Waals surface area contributed by atoms with E-state index in [1.165, 1.54) is 7.11 Å². The van der Waals surface area contributed by atoms with Crippen LogP contribution < -0.4 is 10.1 Å². The normalized spacial score (nSPS) is 11.8. The Bertz CT molecular complexity index is 1190. The zero-order chi connectivity index (χ0) is 21.8. The molecule has 0 spiro atoms. The van der Waals surface area contributed by atoms with E-state index in [1.807, 2.05) is 72.8 Å². The Morgan fingerprint density at radius 3 is 1.97 bits per heavy atom. The number of hydrogen-bond acceptors (Lipinski definition) is 4. The van der Waals surface area contributed by atoms with Crippen LogP contribution >= 0.6 is 0 Å². The molecule has 0 heterocycles. The van der Waals surface area contributed by atoms with E-state index < -0.39 is 12.0 Å². The van der Waals surface area contributed by atoms with Crippen LogP contribution in [0.5, 0.6) is 5.75 Å². The third kappa shape index (κ3) is 4.21. The van der Waals surface area contributed by atoms with Gasteiger partial charge in [-0.25, -0.2) is 4.79 Å². The minimum Gasteiger partial charge on any atom is -0.497 e. The van der Waals surface area contributed by atoms with Crippen LogP contribution in [-0.2, 0) is 16.0 Å². The van der Waals surface area contributed by atoms with Crippen LogP contribution in [0, 0.1) is 0 Å². The Balaban J connectivity index is 1.71. The number of nitrogens with one attached hydrogen (secondary N) is 1. The second kappa shape index (κ2) is 8.88. The molecule has 0 aliphatic carbocycles. The zero-order valence-corrected chi connectivity index (χ0v) is 17.4. The summed E-state index contributed by atoms with van der Waals surface area (Å²) in [4.78, 5) is 25.9. The molecule has 4 aromatic rings. The monoisotopic (exact) mass is 413 g/mol. The lowest BCUT2D eigenvalue weighted by Gasteiger charge is -2.18. The van der Waals surface area contributed by atoms with Crippen LogP contribution in [0.25, 0.3) is 21.5 Å². The summed E-state index contributed by atoms with van der Waals surface area (Å²) in [6.07, 6.45) is 0.311. The number of amides is 1. The first-order valence-electron chi connectivity index (χ1n) is 10.0. The van der Waals surface area contributed by atoms with E-state index in [2.05, 4.69) is 11.4 Å². The average molecular weight is 413 g/mol. The van der Waals surface area contributed by atoms with Crippen molar-refractivity contribution in [2.45, 2.75) is 12.5 Å². The molecule has 5 nitrogen and oxygen atoms in total. The smallest absolute Gasteiger partial charge is 0.328 e. The van der Waals surface area contributed by atoms with Crippen LogP contribution in [0.4, 0.5) is 0 Å². The molecule has 5 heteroatoms. The van der Waals surface area contributed by atoms with E-state index in [9.17, 15) is 9.59 Å². The number of carbonyl (C=O) groups excluding carboxylic acids is 2. The van der Waals surface area contributed by atoms with E-state index in [1.54, 1.807) is 7.11 Å². The number of carbonyl (C=O) groups is 2. The summed E-state index contributed by atoms with van der Waals surface area (Å²) in [5, 5.41) is 6.52. The molecule has 4 aromatic carbocycles. The molecule has 31 heavy (non-hydrogen) atoms. The van der Waals surface area contributed by atoms with Crippen molar-refractivity contribution in [1.29, 1.82) is 0 Å². The summed E-state index contributed by atoms with van der Waals surface area (Å²) < 4.78 is 10.1. The summed E-state index contributed by atoms with van der Waals surface area (Å²) >= 11 is 0. The summed E-state index contributed by atoms with van der Waals surface area (Å²) in [7, 11) is 2.92. The van der Waals surface area contributed by atoms with E-state index in [0.717, 1.165) is 32.9 Å². The third-order valence-electron chi connectivity index (χ3n) is 5.39. The number of ether oxygens (including phenoxy) is 2. The maximum absolute atomic E-state index is 13.5. The van der Waals surface area contributed by atoms with Crippen LogP contribution in [-0.4, -0.2) is 32.1 Å². The van der Waals surface area contributed by atoms with Crippen LogP contribution in [0.3, 0.4) is 0 Å². The minimum absolute atomic E-state index is 0.308. The van der Waals surface area contributed by atoms with Gasteiger partial charge in [0.15, 0.2) is 0 Å². The molecule has 0 aliphatic rings. The summed E-state index contributed by atoms with van der Waals surface area (Å²) in [5.74, 6) is -0.0738. The molecule has 0 unspecified atom stereocenters. The Labute approximate surface area is 180 Å². The van der Waals surface area contributed by atoms with Gasteiger partial charge < -0.3 is 14.8 Å². The van der Waals surface area contributed by atoms with Crippen molar-refractivity contribution in [3.05, 3.63) is 90.0 Å². The van der Waals surface area contributed by atoms with Gasteiger partial charge in [-0.3, -0.25) is 4.79 Å². The predicted octanol–water partition coefficient (Wildman–Crippen LogP) is 4.52. The van der Waals surface area contributed by atoms with Gasteiger partial charge in [0.05, 0.1) is 19.8 Å². The number of methoxy groups -OCH3 is 2. The Hall–Kier alpha value is -3.86. The van der Waals surface area contributed by atoms with E-state index in [-0.39, 0.29) is 5.91 Å². The molecule has 0 saturated carbocycles.